The third-order valence-corrected chi connectivity index (χ3v) is 3.87. The average molecular weight is 310 g/mol. The molecule has 0 spiro atoms. The number of nitrogens with zero attached hydrogens (tertiary/aromatic N) is 3. The summed E-state index contributed by atoms with van der Waals surface area (Å²) in [6.07, 6.45) is 1.68. The van der Waals surface area contributed by atoms with E-state index in [4.69, 9.17) is 5.84 Å². The molecule has 0 fully saturated rings. The fourth-order valence-electron chi connectivity index (χ4n) is 2.33. The summed E-state index contributed by atoms with van der Waals surface area (Å²) in [6, 6.07) is 12.1. The topological polar surface area (TPSA) is 65.9 Å². The second-order valence-electron chi connectivity index (χ2n) is 5.24. The van der Waals surface area contributed by atoms with Crippen molar-refractivity contribution >= 4 is 26.2 Å². The Morgan fingerprint density at radius 2 is 2.00 bits per heavy atom. The Bertz CT molecular complexity index is 755. The molecule has 0 bridgehead atoms. The summed E-state index contributed by atoms with van der Waals surface area (Å²) < 4.78 is 1.42. The molecule has 2 N–H and O–H groups in total. The first kappa shape index (κ1) is 16.2. The van der Waals surface area contributed by atoms with Gasteiger partial charge in [0, 0.05) is 0 Å². The molecule has 0 saturated carbocycles. The van der Waals surface area contributed by atoms with Crippen LogP contribution in [0.25, 0.3) is 11.1 Å². The molecule has 1 aromatic heterocycles. The van der Waals surface area contributed by atoms with Crippen molar-refractivity contribution in [2.24, 2.45) is 5.84 Å². The lowest BCUT2D eigenvalue weighted by atomic mass is 9.95. The van der Waals surface area contributed by atoms with Gasteiger partial charge in [0.2, 0.25) is 0 Å². The second kappa shape index (κ2) is 6.70. The SMILES string of the molecule is C/C(=C(/C#N)c1ccc(C)cc1C)c1ccc(N(N)P)cn1. The summed E-state index contributed by atoms with van der Waals surface area (Å²) in [5.41, 5.74) is 6.27. The van der Waals surface area contributed by atoms with Crippen molar-refractivity contribution in [2.45, 2.75) is 20.8 Å². The Balaban J connectivity index is 2.51. The van der Waals surface area contributed by atoms with E-state index in [0.717, 1.165) is 28.1 Å². The lowest BCUT2D eigenvalue weighted by Gasteiger charge is -2.13. The van der Waals surface area contributed by atoms with Gasteiger partial charge in [-0.3, -0.25) is 9.76 Å². The standard InChI is InChI=1S/C17H19N4P/c1-11-4-6-15(12(2)8-11)16(9-18)13(3)17-7-5-14(10-20-17)21(19)22/h4-8,10H,19,22H2,1-3H3/b16-13+. The first-order chi connectivity index (χ1) is 10.4. The highest BCUT2D eigenvalue weighted by atomic mass is 31.0. The summed E-state index contributed by atoms with van der Waals surface area (Å²) >= 11 is 0. The minimum atomic E-state index is 0.647. The molecule has 0 aliphatic heterocycles. The molecule has 2 rings (SSSR count). The number of nitriles is 1. The van der Waals surface area contributed by atoms with Crippen LogP contribution < -0.4 is 10.6 Å². The maximum absolute atomic E-state index is 9.58. The van der Waals surface area contributed by atoms with Crippen LogP contribution in [0, 0.1) is 25.2 Å². The second-order valence-corrected chi connectivity index (χ2v) is 5.80. The van der Waals surface area contributed by atoms with Gasteiger partial charge in [-0.25, -0.2) is 5.84 Å². The van der Waals surface area contributed by atoms with Gasteiger partial charge in [0.1, 0.15) is 6.07 Å². The molecule has 112 valence electrons. The van der Waals surface area contributed by atoms with Gasteiger partial charge >= 0.3 is 0 Å². The molecule has 0 saturated heterocycles. The molecule has 22 heavy (non-hydrogen) atoms. The van der Waals surface area contributed by atoms with E-state index in [-0.39, 0.29) is 0 Å². The van der Waals surface area contributed by atoms with Gasteiger partial charge in [0.25, 0.3) is 0 Å². The maximum Gasteiger partial charge on any atom is 0.100 e. The zero-order chi connectivity index (χ0) is 16.3. The first-order valence-electron chi connectivity index (χ1n) is 6.88. The minimum absolute atomic E-state index is 0.647. The minimum Gasteiger partial charge on any atom is -0.295 e. The predicted octanol–water partition coefficient (Wildman–Crippen LogP) is 3.62. The Labute approximate surface area is 133 Å². The lowest BCUT2D eigenvalue weighted by molar-refractivity contribution is 1.16. The van der Waals surface area contributed by atoms with Crippen LogP contribution in [0.5, 0.6) is 0 Å². The highest BCUT2D eigenvalue weighted by Gasteiger charge is 2.11. The van der Waals surface area contributed by atoms with E-state index < -0.39 is 0 Å². The van der Waals surface area contributed by atoms with Crippen molar-refractivity contribution in [3.8, 4) is 6.07 Å². The Morgan fingerprint density at radius 3 is 2.50 bits per heavy atom. The molecular weight excluding hydrogens is 291 g/mol. The number of anilines is 1. The molecule has 4 nitrogen and oxygen atoms in total. The van der Waals surface area contributed by atoms with Crippen LogP contribution in [-0.4, -0.2) is 4.98 Å². The largest absolute Gasteiger partial charge is 0.295 e. The van der Waals surface area contributed by atoms with Crippen molar-refractivity contribution in [2.75, 3.05) is 4.78 Å². The highest BCUT2D eigenvalue weighted by molar-refractivity contribution is 7.18. The molecule has 0 aliphatic carbocycles. The summed E-state index contributed by atoms with van der Waals surface area (Å²) in [5.74, 6) is 5.64. The molecule has 2 aromatic rings. The van der Waals surface area contributed by atoms with E-state index in [9.17, 15) is 5.26 Å². The molecule has 1 unspecified atom stereocenters. The van der Waals surface area contributed by atoms with Crippen molar-refractivity contribution in [3.63, 3.8) is 0 Å². The number of hydrogen-bond acceptors (Lipinski definition) is 4. The Morgan fingerprint density at radius 1 is 1.27 bits per heavy atom. The monoisotopic (exact) mass is 310 g/mol. The average Bonchev–Trinajstić information content (AvgIpc) is 2.50. The van der Waals surface area contributed by atoms with Crippen molar-refractivity contribution < 1.29 is 0 Å². The van der Waals surface area contributed by atoms with E-state index in [2.05, 4.69) is 26.5 Å². The summed E-state index contributed by atoms with van der Waals surface area (Å²) in [7, 11) is 2.38. The van der Waals surface area contributed by atoms with Gasteiger partial charge in [0.15, 0.2) is 0 Å². The van der Waals surface area contributed by atoms with Crippen molar-refractivity contribution in [1.82, 2.24) is 4.98 Å². The number of hydrogen-bond donors (Lipinski definition) is 1. The van der Waals surface area contributed by atoms with Gasteiger partial charge in [-0.15, -0.1) is 0 Å². The molecule has 1 atom stereocenters. The van der Waals surface area contributed by atoms with Gasteiger partial charge < -0.3 is 0 Å². The van der Waals surface area contributed by atoms with Crippen LogP contribution in [0.1, 0.15) is 29.3 Å². The summed E-state index contributed by atoms with van der Waals surface area (Å²) in [4.78, 5) is 4.40. The lowest BCUT2D eigenvalue weighted by Crippen LogP contribution is -2.17. The number of nitrogens with two attached hydrogens (primary N) is 1. The fourth-order valence-corrected chi connectivity index (χ4v) is 2.48. The van der Waals surface area contributed by atoms with Crippen LogP contribution in [0.2, 0.25) is 0 Å². The molecule has 0 amide bonds. The first-order valence-corrected chi connectivity index (χ1v) is 7.40. The highest BCUT2D eigenvalue weighted by Crippen LogP contribution is 2.28. The molecular formula is C17H19N4P. The van der Waals surface area contributed by atoms with E-state index in [1.54, 1.807) is 6.20 Å². The third-order valence-electron chi connectivity index (χ3n) is 3.57. The Kier molecular flexibility index (Phi) is 4.92. The fraction of sp³-hybridized carbons (Fsp3) is 0.176. The van der Waals surface area contributed by atoms with E-state index in [1.807, 2.05) is 45.0 Å². The number of aryl methyl sites for hydroxylation is 2. The zero-order valence-electron chi connectivity index (χ0n) is 13.0. The van der Waals surface area contributed by atoms with Crippen molar-refractivity contribution in [3.05, 3.63) is 58.9 Å². The molecule has 0 radical (unpaired) electrons. The molecule has 1 aromatic carbocycles. The summed E-state index contributed by atoms with van der Waals surface area (Å²) in [5, 5.41) is 9.58. The van der Waals surface area contributed by atoms with E-state index >= 15 is 0 Å². The van der Waals surface area contributed by atoms with Crippen LogP contribution in [0.15, 0.2) is 36.5 Å². The van der Waals surface area contributed by atoms with Gasteiger partial charge in [-0.1, -0.05) is 23.8 Å². The van der Waals surface area contributed by atoms with E-state index in [0.29, 0.717) is 5.57 Å². The van der Waals surface area contributed by atoms with Crippen LogP contribution in [0.3, 0.4) is 0 Å². The Hall–Kier alpha value is -2.21. The number of allylic oxidation sites excluding steroid dienone is 2. The molecule has 0 aliphatic rings. The quantitative estimate of drug-likeness (QED) is 0.407. The maximum atomic E-state index is 9.58. The number of aromatic nitrogens is 1. The van der Waals surface area contributed by atoms with Crippen LogP contribution in [-0.2, 0) is 0 Å². The van der Waals surface area contributed by atoms with E-state index in [1.165, 1.54) is 10.3 Å². The number of benzene rings is 1. The van der Waals surface area contributed by atoms with Gasteiger partial charge in [-0.05, 0) is 59.0 Å². The summed E-state index contributed by atoms with van der Waals surface area (Å²) in [6.45, 7) is 5.98. The van der Waals surface area contributed by atoms with Crippen molar-refractivity contribution in [1.29, 1.82) is 5.26 Å². The van der Waals surface area contributed by atoms with Gasteiger partial charge in [-0.2, -0.15) is 5.26 Å². The number of hydrazine groups is 1. The normalized spacial score (nSPS) is 11.6. The molecule has 1 heterocycles. The smallest absolute Gasteiger partial charge is 0.100 e. The number of rotatable bonds is 3. The van der Waals surface area contributed by atoms with Crippen LogP contribution in [0.4, 0.5) is 5.69 Å². The predicted molar refractivity (Wildman–Crippen MR) is 94.6 cm³/mol. The van der Waals surface area contributed by atoms with Gasteiger partial charge in [0.05, 0.1) is 23.2 Å². The third kappa shape index (κ3) is 3.33. The zero-order valence-corrected chi connectivity index (χ0v) is 14.1. The molecule has 5 heteroatoms. The number of pyridine rings is 1. The van der Waals surface area contributed by atoms with Crippen LogP contribution >= 0.6 is 9.39 Å².